The van der Waals surface area contributed by atoms with E-state index in [4.69, 9.17) is 4.55 Å². The Morgan fingerprint density at radius 1 is 0.818 bits per heavy atom. The lowest BCUT2D eigenvalue weighted by Crippen LogP contribution is -2.08. The molecule has 0 amide bonds. The summed E-state index contributed by atoms with van der Waals surface area (Å²) in [6.07, 6.45) is 16.5. The first-order chi connectivity index (χ1) is 10.5. The zero-order valence-corrected chi connectivity index (χ0v) is 15.4. The minimum absolute atomic E-state index is 0.0814. The van der Waals surface area contributed by atoms with Crippen LogP contribution < -0.4 is 0 Å². The van der Waals surface area contributed by atoms with Crippen LogP contribution >= 0.6 is 0 Å². The van der Waals surface area contributed by atoms with Crippen molar-refractivity contribution < 1.29 is 17.2 Å². The lowest BCUT2D eigenvalue weighted by atomic mass is 9.99. The third-order valence-corrected chi connectivity index (χ3v) is 4.61. The predicted octanol–water partition coefficient (Wildman–Crippen LogP) is 5.53. The van der Waals surface area contributed by atoms with Crippen molar-refractivity contribution in [2.24, 2.45) is 5.92 Å². The second-order valence-corrected chi connectivity index (χ2v) is 7.56. The second kappa shape index (κ2) is 14.5. The SMILES string of the molecule is CCCCCCCCCCCCCC(C)CCOS(=O)(=O)O. The van der Waals surface area contributed by atoms with Crippen molar-refractivity contribution in [2.45, 2.75) is 97.3 Å². The molecular weight excluding hydrogens is 300 g/mol. The van der Waals surface area contributed by atoms with Gasteiger partial charge < -0.3 is 0 Å². The Labute approximate surface area is 138 Å². The Morgan fingerprint density at radius 3 is 1.73 bits per heavy atom. The molecule has 1 N–H and O–H groups in total. The van der Waals surface area contributed by atoms with Crippen LogP contribution in [-0.2, 0) is 14.6 Å². The van der Waals surface area contributed by atoms with Crippen LogP contribution in [0.5, 0.6) is 0 Å². The van der Waals surface area contributed by atoms with E-state index in [1.54, 1.807) is 0 Å². The Morgan fingerprint density at radius 2 is 1.27 bits per heavy atom. The molecule has 0 fully saturated rings. The van der Waals surface area contributed by atoms with Crippen molar-refractivity contribution in [3.05, 3.63) is 0 Å². The van der Waals surface area contributed by atoms with Crippen LogP contribution in [0, 0.1) is 5.92 Å². The van der Waals surface area contributed by atoms with Crippen molar-refractivity contribution >= 4 is 10.4 Å². The molecule has 0 saturated heterocycles. The Kier molecular flexibility index (Phi) is 14.4. The maximum Gasteiger partial charge on any atom is 0.397 e. The van der Waals surface area contributed by atoms with Crippen LogP contribution in [0.4, 0.5) is 0 Å². The van der Waals surface area contributed by atoms with Gasteiger partial charge in [0, 0.05) is 0 Å². The Hall–Kier alpha value is -0.130. The molecule has 0 aromatic rings. The van der Waals surface area contributed by atoms with Crippen LogP contribution in [-0.4, -0.2) is 19.6 Å². The highest BCUT2D eigenvalue weighted by Gasteiger charge is 2.07. The minimum Gasteiger partial charge on any atom is -0.264 e. The lowest BCUT2D eigenvalue weighted by molar-refractivity contribution is 0.245. The highest BCUT2D eigenvalue weighted by Crippen LogP contribution is 2.16. The van der Waals surface area contributed by atoms with Crippen molar-refractivity contribution in [3.8, 4) is 0 Å². The zero-order valence-electron chi connectivity index (χ0n) is 14.6. The quantitative estimate of drug-likeness (QED) is 0.297. The predicted molar refractivity (Wildman–Crippen MR) is 92.4 cm³/mol. The summed E-state index contributed by atoms with van der Waals surface area (Å²) in [5.41, 5.74) is 0. The maximum absolute atomic E-state index is 10.4. The smallest absolute Gasteiger partial charge is 0.264 e. The molecule has 1 unspecified atom stereocenters. The molecule has 5 heteroatoms. The van der Waals surface area contributed by atoms with Gasteiger partial charge in [0.15, 0.2) is 0 Å². The van der Waals surface area contributed by atoms with Gasteiger partial charge in [-0.25, -0.2) is 4.18 Å². The number of hydrogen-bond acceptors (Lipinski definition) is 3. The van der Waals surface area contributed by atoms with Gasteiger partial charge in [0.05, 0.1) is 6.61 Å². The van der Waals surface area contributed by atoms with E-state index < -0.39 is 10.4 Å². The Bertz CT molecular complexity index is 328. The number of hydrogen-bond donors (Lipinski definition) is 1. The molecule has 0 heterocycles. The molecule has 22 heavy (non-hydrogen) atoms. The summed E-state index contributed by atoms with van der Waals surface area (Å²) in [5.74, 6) is 0.445. The average Bonchev–Trinajstić information content (AvgIpc) is 2.43. The van der Waals surface area contributed by atoms with Gasteiger partial charge in [-0.2, -0.15) is 8.42 Å². The molecule has 0 aromatic carbocycles. The number of rotatable bonds is 16. The lowest BCUT2D eigenvalue weighted by Gasteiger charge is -2.10. The summed E-state index contributed by atoms with van der Waals surface area (Å²) in [5, 5.41) is 0. The first-order valence-electron chi connectivity index (χ1n) is 9.07. The fraction of sp³-hybridized carbons (Fsp3) is 1.00. The van der Waals surface area contributed by atoms with Crippen molar-refractivity contribution in [1.29, 1.82) is 0 Å². The summed E-state index contributed by atoms with van der Waals surface area (Å²) in [6.45, 7) is 4.43. The first-order valence-corrected chi connectivity index (χ1v) is 10.4. The van der Waals surface area contributed by atoms with Gasteiger partial charge in [0.25, 0.3) is 0 Å². The highest BCUT2D eigenvalue weighted by atomic mass is 32.3. The monoisotopic (exact) mass is 336 g/mol. The first kappa shape index (κ1) is 21.9. The molecule has 0 rings (SSSR count). The molecule has 0 aliphatic rings. The van der Waals surface area contributed by atoms with E-state index >= 15 is 0 Å². The molecule has 1 atom stereocenters. The number of unbranched alkanes of at least 4 members (excludes halogenated alkanes) is 10. The van der Waals surface area contributed by atoms with E-state index in [0.29, 0.717) is 12.3 Å². The topological polar surface area (TPSA) is 63.6 Å². The second-order valence-electron chi connectivity index (χ2n) is 6.47. The van der Waals surface area contributed by atoms with E-state index in [1.165, 1.54) is 70.6 Å². The maximum atomic E-state index is 10.4. The molecule has 134 valence electrons. The van der Waals surface area contributed by atoms with Crippen LogP contribution in [0.1, 0.15) is 97.3 Å². The minimum atomic E-state index is -4.27. The van der Waals surface area contributed by atoms with Crippen LogP contribution in [0.2, 0.25) is 0 Å². The molecule has 0 aliphatic heterocycles. The van der Waals surface area contributed by atoms with Crippen LogP contribution in [0.15, 0.2) is 0 Å². The third kappa shape index (κ3) is 17.9. The summed E-state index contributed by atoms with van der Waals surface area (Å²) in [6, 6.07) is 0. The molecular formula is C17H36O4S. The summed E-state index contributed by atoms with van der Waals surface area (Å²) in [4.78, 5) is 0. The molecule has 0 aromatic heterocycles. The summed E-state index contributed by atoms with van der Waals surface area (Å²) in [7, 11) is -4.27. The summed E-state index contributed by atoms with van der Waals surface area (Å²) >= 11 is 0. The van der Waals surface area contributed by atoms with Gasteiger partial charge in [0.1, 0.15) is 0 Å². The van der Waals surface area contributed by atoms with E-state index in [1.807, 2.05) is 0 Å². The van der Waals surface area contributed by atoms with E-state index in [9.17, 15) is 8.42 Å². The van der Waals surface area contributed by atoms with Crippen molar-refractivity contribution in [2.75, 3.05) is 6.61 Å². The highest BCUT2D eigenvalue weighted by molar-refractivity contribution is 7.80. The van der Waals surface area contributed by atoms with E-state index in [-0.39, 0.29) is 6.61 Å². The third-order valence-electron chi connectivity index (χ3n) is 4.14. The standard InChI is InChI=1S/C17H36O4S/c1-3-4-5-6-7-8-9-10-11-12-13-14-17(2)15-16-21-22(18,19)20/h17H,3-16H2,1-2H3,(H,18,19,20). The Balaban J connectivity index is 3.22. The zero-order chi connectivity index (χ0) is 16.7. The van der Waals surface area contributed by atoms with Gasteiger partial charge >= 0.3 is 10.4 Å². The van der Waals surface area contributed by atoms with Gasteiger partial charge in [-0.15, -0.1) is 0 Å². The summed E-state index contributed by atoms with van der Waals surface area (Å²) < 4.78 is 33.6. The van der Waals surface area contributed by atoms with E-state index in [2.05, 4.69) is 18.0 Å². The molecule has 0 bridgehead atoms. The van der Waals surface area contributed by atoms with Crippen LogP contribution in [0.25, 0.3) is 0 Å². The normalized spacial score (nSPS) is 13.4. The molecule has 0 saturated carbocycles. The van der Waals surface area contributed by atoms with Gasteiger partial charge in [-0.3, -0.25) is 4.55 Å². The van der Waals surface area contributed by atoms with Crippen molar-refractivity contribution in [1.82, 2.24) is 0 Å². The van der Waals surface area contributed by atoms with E-state index in [0.717, 1.165) is 6.42 Å². The van der Waals surface area contributed by atoms with Crippen LogP contribution in [0.3, 0.4) is 0 Å². The van der Waals surface area contributed by atoms with Gasteiger partial charge in [0.2, 0.25) is 0 Å². The fourth-order valence-corrected chi connectivity index (χ4v) is 2.96. The van der Waals surface area contributed by atoms with Gasteiger partial charge in [-0.1, -0.05) is 90.9 Å². The van der Waals surface area contributed by atoms with Gasteiger partial charge in [-0.05, 0) is 12.3 Å². The fourth-order valence-electron chi connectivity index (χ4n) is 2.66. The van der Waals surface area contributed by atoms with Crippen molar-refractivity contribution in [3.63, 3.8) is 0 Å². The molecule has 0 radical (unpaired) electrons. The molecule has 4 nitrogen and oxygen atoms in total. The molecule has 0 aliphatic carbocycles. The molecule has 0 spiro atoms. The average molecular weight is 337 g/mol. The largest absolute Gasteiger partial charge is 0.397 e.